The third-order valence-electron chi connectivity index (χ3n) is 4.88. The normalized spacial score (nSPS) is 16.1. The lowest BCUT2D eigenvalue weighted by molar-refractivity contribution is -0.144. The molecule has 0 N–H and O–H groups in total. The largest absolute Gasteiger partial charge is 0.488 e. The fourth-order valence-electron chi connectivity index (χ4n) is 3.21. The van der Waals surface area contributed by atoms with E-state index in [0.29, 0.717) is 25.4 Å². The zero-order valence-corrected chi connectivity index (χ0v) is 18.3. The van der Waals surface area contributed by atoms with E-state index in [0.717, 1.165) is 10.5 Å². The number of ketones is 1. The highest BCUT2D eigenvalue weighted by Gasteiger charge is 2.34. The number of amides is 2. The summed E-state index contributed by atoms with van der Waals surface area (Å²) < 4.78 is 16.8. The van der Waals surface area contributed by atoms with Crippen LogP contribution in [-0.4, -0.2) is 60.6 Å². The summed E-state index contributed by atoms with van der Waals surface area (Å²) in [6, 6.07) is 6.53. The predicted octanol–water partition coefficient (Wildman–Crippen LogP) is 2.71. The molecule has 0 saturated carbocycles. The molecule has 1 aromatic carbocycles. The minimum absolute atomic E-state index is 0.0314. The first-order valence-electron chi connectivity index (χ1n) is 10.1. The Hall–Kier alpha value is -2.51. The molecule has 0 fully saturated rings. The van der Waals surface area contributed by atoms with Gasteiger partial charge >= 0.3 is 0 Å². The Morgan fingerprint density at radius 1 is 1.10 bits per heavy atom. The molecule has 0 radical (unpaired) electrons. The Morgan fingerprint density at radius 3 is 2.23 bits per heavy atom. The number of Topliss-reactive ketones (excluding diaryl/α,β-unsaturated/α-hetero) is 1. The molecule has 0 saturated heterocycles. The van der Waals surface area contributed by atoms with E-state index in [1.54, 1.807) is 7.11 Å². The van der Waals surface area contributed by atoms with Crippen molar-refractivity contribution in [1.29, 1.82) is 0 Å². The van der Waals surface area contributed by atoms with Gasteiger partial charge in [-0.15, -0.1) is 0 Å². The molecule has 30 heavy (non-hydrogen) atoms. The summed E-state index contributed by atoms with van der Waals surface area (Å²) in [5.74, 6) is -0.444. The second kappa shape index (κ2) is 10.5. The van der Waals surface area contributed by atoms with Gasteiger partial charge in [-0.05, 0) is 45.4 Å². The van der Waals surface area contributed by atoms with Gasteiger partial charge in [0, 0.05) is 32.1 Å². The van der Waals surface area contributed by atoms with E-state index in [1.165, 1.54) is 19.1 Å². The van der Waals surface area contributed by atoms with Crippen molar-refractivity contribution in [2.24, 2.45) is 0 Å². The average molecular weight is 418 g/mol. The molecule has 1 heterocycles. The first-order chi connectivity index (χ1) is 14.1. The maximum absolute atomic E-state index is 12.1. The number of hydrogen-bond donors (Lipinski definition) is 0. The highest BCUT2D eigenvalue weighted by molar-refractivity contribution is 6.15. The summed E-state index contributed by atoms with van der Waals surface area (Å²) in [5.41, 5.74) is 0.417. The zero-order chi connectivity index (χ0) is 22.3. The van der Waals surface area contributed by atoms with Crippen LogP contribution in [0.4, 0.5) is 0 Å². The summed E-state index contributed by atoms with van der Waals surface area (Å²) in [5, 5.41) is 0. The summed E-state index contributed by atoms with van der Waals surface area (Å²) in [4.78, 5) is 36.9. The van der Waals surface area contributed by atoms with Crippen LogP contribution in [-0.2, 0) is 30.3 Å². The minimum atomic E-state index is -0.811. The maximum atomic E-state index is 12.1. The Labute approximate surface area is 178 Å². The fourth-order valence-corrected chi connectivity index (χ4v) is 3.21. The predicted molar refractivity (Wildman–Crippen MR) is 112 cm³/mol. The Balaban J connectivity index is 1.94. The lowest BCUT2D eigenvalue weighted by Crippen LogP contribution is -2.45. The number of benzene rings is 1. The van der Waals surface area contributed by atoms with Crippen molar-refractivity contribution < 1.29 is 28.6 Å². The molecule has 0 aromatic heterocycles. The number of carbonyl (C=O) groups is 3. The van der Waals surface area contributed by atoms with Crippen LogP contribution in [0, 0.1) is 0 Å². The highest BCUT2D eigenvalue weighted by Crippen LogP contribution is 2.23. The van der Waals surface area contributed by atoms with Gasteiger partial charge in [0.1, 0.15) is 17.4 Å². The van der Waals surface area contributed by atoms with Crippen LogP contribution in [0.1, 0.15) is 39.7 Å². The molecule has 0 spiro atoms. The Kier molecular flexibility index (Phi) is 8.32. The van der Waals surface area contributed by atoms with Crippen molar-refractivity contribution in [3.63, 3.8) is 0 Å². The second-order valence-electron chi connectivity index (χ2n) is 8.10. The lowest BCUT2D eigenvalue weighted by atomic mass is 10.0. The van der Waals surface area contributed by atoms with Crippen LogP contribution in [0.2, 0.25) is 0 Å². The highest BCUT2D eigenvalue weighted by atomic mass is 16.5. The number of rotatable bonds is 12. The topological polar surface area (TPSA) is 82.1 Å². The third kappa shape index (κ3) is 6.78. The van der Waals surface area contributed by atoms with E-state index in [-0.39, 0.29) is 18.3 Å². The van der Waals surface area contributed by atoms with E-state index in [4.69, 9.17) is 14.2 Å². The molecule has 0 aliphatic carbocycles. The van der Waals surface area contributed by atoms with Crippen LogP contribution in [0.15, 0.2) is 36.4 Å². The SMILES string of the molecule is COCC(C)OCCC(C)(C)Oc1ccc(CC(C(C)=O)N2C(=O)C=CC2=O)cc1. The van der Waals surface area contributed by atoms with E-state index < -0.39 is 23.5 Å². The van der Waals surface area contributed by atoms with Crippen LogP contribution in [0.25, 0.3) is 0 Å². The average Bonchev–Trinajstić information content (AvgIpc) is 2.99. The van der Waals surface area contributed by atoms with Gasteiger partial charge in [0.05, 0.1) is 19.3 Å². The van der Waals surface area contributed by atoms with Gasteiger partial charge in [-0.1, -0.05) is 12.1 Å². The second-order valence-corrected chi connectivity index (χ2v) is 8.10. The van der Waals surface area contributed by atoms with Gasteiger partial charge in [0.2, 0.25) is 0 Å². The first-order valence-corrected chi connectivity index (χ1v) is 10.1. The van der Waals surface area contributed by atoms with Crippen molar-refractivity contribution in [2.75, 3.05) is 20.3 Å². The third-order valence-corrected chi connectivity index (χ3v) is 4.88. The monoisotopic (exact) mass is 417 g/mol. The molecular weight excluding hydrogens is 386 g/mol. The fraction of sp³-hybridized carbons (Fsp3) is 0.522. The van der Waals surface area contributed by atoms with Crippen LogP contribution in [0.3, 0.4) is 0 Å². The van der Waals surface area contributed by atoms with Gasteiger partial charge in [0.15, 0.2) is 5.78 Å². The summed E-state index contributed by atoms with van der Waals surface area (Å²) in [6.07, 6.45) is 3.39. The van der Waals surface area contributed by atoms with E-state index in [1.807, 2.05) is 45.0 Å². The molecule has 7 heteroatoms. The van der Waals surface area contributed by atoms with Crippen molar-refractivity contribution in [2.45, 2.75) is 58.3 Å². The van der Waals surface area contributed by atoms with Crippen molar-refractivity contribution in [1.82, 2.24) is 4.90 Å². The van der Waals surface area contributed by atoms with Crippen LogP contribution in [0.5, 0.6) is 5.75 Å². The number of imide groups is 1. The molecule has 1 aliphatic rings. The van der Waals surface area contributed by atoms with Crippen molar-refractivity contribution >= 4 is 17.6 Å². The first kappa shape index (κ1) is 23.8. The van der Waals surface area contributed by atoms with Gasteiger partial charge in [-0.2, -0.15) is 0 Å². The minimum Gasteiger partial charge on any atom is -0.488 e. The number of hydrogen-bond acceptors (Lipinski definition) is 6. The van der Waals surface area contributed by atoms with Crippen LogP contribution >= 0.6 is 0 Å². The number of carbonyl (C=O) groups excluding carboxylic acids is 3. The molecule has 164 valence electrons. The van der Waals surface area contributed by atoms with E-state index in [9.17, 15) is 14.4 Å². The van der Waals surface area contributed by atoms with Crippen molar-refractivity contribution in [3.05, 3.63) is 42.0 Å². The van der Waals surface area contributed by atoms with E-state index in [2.05, 4.69) is 0 Å². The molecule has 0 bridgehead atoms. The molecule has 7 nitrogen and oxygen atoms in total. The van der Waals surface area contributed by atoms with Crippen LogP contribution < -0.4 is 4.74 Å². The quantitative estimate of drug-likeness (QED) is 0.487. The number of ether oxygens (including phenoxy) is 3. The Bertz CT molecular complexity index is 765. The molecular formula is C23H31NO6. The number of methoxy groups -OCH3 is 1. The molecule has 2 atom stereocenters. The van der Waals surface area contributed by atoms with Gasteiger partial charge < -0.3 is 14.2 Å². The number of nitrogens with zero attached hydrogens (tertiary/aromatic N) is 1. The molecule has 1 aliphatic heterocycles. The Morgan fingerprint density at radius 2 is 1.70 bits per heavy atom. The summed E-state index contributed by atoms with van der Waals surface area (Å²) in [6.45, 7) is 8.45. The summed E-state index contributed by atoms with van der Waals surface area (Å²) >= 11 is 0. The molecule has 2 unspecified atom stereocenters. The lowest BCUT2D eigenvalue weighted by Gasteiger charge is -2.27. The molecule has 2 amide bonds. The standard InChI is InChI=1S/C23H31NO6/c1-16(15-28-5)29-13-12-23(3,4)30-19-8-6-18(7-9-19)14-20(17(2)25)24-21(26)10-11-22(24)27/h6-11,16,20H,12-15H2,1-5H3. The van der Waals surface area contributed by atoms with Crippen molar-refractivity contribution in [3.8, 4) is 5.75 Å². The smallest absolute Gasteiger partial charge is 0.254 e. The molecule has 2 rings (SSSR count). The summed E-state index contributed by atoms with van der Waals surface area (Å²) in [7, 11) is 1.65. The maximum Gasteiger partial charge on any atom is 0.254 e. The van der Waals surface area contributed by atoms with E-state index >= 15 is 0 Å². The van der Waals surface area contributed by atoms with Gasteiger partial charge in [-0.25, -0.2) is 0 Å². The van der Waals surface area contributed by atoms with Gasteiger partial charge in [-0.3, -0.25) is 19.3 Å². The zero-order valence-electron chi connectivity index (χ0n) is 18.3. The molecule has 1 aromatic rings. The van der Waals surface area contributed by atoms with Gasteiger partial charge in [0.25, 0.3) is 11.8 Å².